The lowest BCUT2D eigenvalue weighted by Gasteiger charge is -2.14. The van der Waals surface area contributed by atoms with Crippen LogP contribution in [0.15, 0.2) is 22.7 Å². The van der Waals surface area contributed by atoms with E-state index in [9.17, 15) is 4.79 Å². The highest BCUT2D eigenvalue weighted by molar-refractivity contribution is 9.10. The van der Waals surface area contributed by atoms with Crippen LogP contribution in [0, 0.1) is 5.92 Å². The summed E-state index contributed by atoms with van der Waals surface area (Å²) in [6.07, 6.45) is 5.07. The van der Waals surface area contributed by atoms with Crippen LogP contribution in [0.2, 0.25) is 0 Å². The Morgan fingerprint density at radius 1 is 1.45 bits per heavy atom. The number of rotatable bonds is 7. The summed E-state index contributed by atoms with van der Waals surface area (Å²) in [5.41, 5.74) is 0.751. The summed E-state index contributed by atoms with van der Waals surface area (Å²) >= 11 is 3.46. The molecule has 1 saturated carbocycles. The topological polar surface area (TPSA) is 55.8 Å². The van der Waals surface area contributed by atoms with Gasteiger partial charge in [-0.05, 0) is 65.4 Å². The maximum atomic E-state index is 10.6. The minimum absolute atomic E-state index is 0.526. The van der Waals surface area contributed by atoms with Crippen LogP contribution in [0.25, 0.3) is 6.08 Å². The summed E-state index contributed by atoms with van der Waals surface area (Å²) in [6, 6.07) is 3.61. The zero-order chi connectivity index (χ0) is 14.5. The highest BCUT2D eigenvalue weighted by Crippen LogP contribution is 2.39. The van der Waals surface area contributed by atoms with Crippen molar-refractivity contribution in [3.05, 3.63) is 28.2 Å². The molecule has 0 heterocycles. The Balaban J connectivity index is 2.22. The highest BCUT2D eigenvalue weighted by Gasteiger charge is 2.23. The smallest absolute Gasteiger partial charge is 0.328 e. The molecular weight excluding hydrogens is 324 g/mol. The summed E-state index contributed by atoms with van der Waals surface area (Å²) in [7, 11) is 0. The van der Waals surface area contributed by atoms with Gasteiger partial charge in [0, 0.05) is 6.08 Å². The lowest BCUT2D eigenvalue weighted by atomic mass is 10.2. The molecule has 0 aromatic heterocycles. The minimum Gasteiger partial charge on any atom is -0.490 e. The number of carbonyl (C=O) groups is 1. The van der Waals surface area contributed by atoms with E-state index < -0.39 is 5.97 Å². The van der Waals surface area contributed by atoms with Gasteiger partial charge in [0.25, 0.3) is 0 Å². The van der Waals surface area contributed by atoms with Gasteiger partial charge in [0.15, 0.2) is 11.5 Å². The van der Waals surface area contributed by atoms with Gasteiger partial charge in [0.1, 0.15) is 0 Å². The third kappa shape index (κ3) is 4.27. The molecule has 1 aromatic rings. The van der Waals surface area contributed by atoms with Crippen molar-refractivity contribution in [2.75, 3.05) is 13.2 Å². The Kier molecular flexibility index (Phi) is 5.06. The Morgan fingerprint density at radius 2 is 2.20 bits per heavy atom. The van der Waals surface area contributed by atoms with Crippen LogP contribution in [0.5, 0.6) is 11.5 Å². The second-order valence-electron chi connectivity index (χ2n) is 4.69. The van der Waals surface area contributed by atoms with E-state index in [2.05, 4.69) is 15.9 Å². The van der Waals surface area contributed by atoms with Crippen molar-refractivity contribution >= 4 is 28.0 Å². The Bertz CT molecular complexity index is 521. The van der Waals surface area contributed by atoms with Crippen molar-refractivity contribution in [2.24, 2.45) is 5.92 Å². The number of carboxylic acids is 1. The maximum Gasteiger partial charge on any atom is 0.328 e. The molecule has 2 rings (SSSR count). The van der Waals surface area contributed by atoms with Crippen LogP contribution >= 0.6 is 15.9 Å². The number of benzene rings is 1. The molecule has 1 fully saturated rings. The van der Waals surface area contributed by atoms with Gasteiger partial charge >= 0.3 is 5.97 Å². The summed E-state index contributed by atoms with van der Waals surface area (Å²) in [4.78, 5) is 10.6. The number of ether oxygens (including phenoxy) is 2. The largest absolute Gasteiger partial charge is 0.490 e. The first kappa shape index (κ1) is 14.9. The molecule has 0 radical (unpaired) electrons. The van der Waals surface area contributed by atoms with Gasteiger partial charge in [0.05, 0.1) is 17.7 Å². The quantitative estimate of drug-likeness (QED) is 0.768. The second-order valence-corrected chi connectivity index (χ2v) is 5.54. The molecule has 0 atom stereocenters. The monoisotopic (exact) mass is 340 g/mol. The fourth-order valence-electron chi connectivity index (χ4n) is 1.74. The van der Waals surface area contributed by atoms with Gasteiger partial charge in [-0.2, -0.15) is 0 Å². The molecule has 0 unspecified atom stereocenters. The summed E-state index contributed by atoms with van der Waals surface area (Å²) in [6.45, 7) is 3.12. The van der Waals surface area contributed by atoms with Crippen LogP contribution in [-0.2, 0) is 4.79 Å². The molecule has 20 heavy (non-hydrogen) atoms. The highest BCUT2D eigenvalue weighted by atomic mass is 79.9. The molecule has 1 aromatic carbocycles. The van der Waals surface area contributed by atoms with E-state index in [-0.39, 0.29) is 0 Å². The first-order chi connectivity index (χ1) is 9.60. The molecule has 1 aliphatic rings. The van der Waals surface area contributed by atoms with Gasteiger partial charge in [0.2, 0.25) is 0 Å². The predicted octanol–water partition coefficient (Wildman–Crippen LogP) is 3.73. The molecule has 0 aliphatic heterocycles. The fraction of sp³-hybridized carbons (Fsp3) is 0.400. The van der Waals surface area contributed by atoms with Crippen molar-refractivity contribution in [3.63, 3.8) is 0 Å². The Labute approximate surface area is 126 Å². The first-order valence-electron chi connectivity index (χ1n) is 6.60. The van der Waals surface area contributed by atoms with Crippen molar-refractivity contribution in [3.8, 4) is 11.5 Å². The summed E-state index contributed by atoms with van der Waals surface area (Å²) in [5, 5.41) is 8.67. The Hall–Kier alpha value is -1.49. The van der Waals surface area contributed by atoms with Gasteiger partial charge in [-0.15, -0.1) is 0 Å². The van der Waals surface area contributed by atoms with Crippen molar-refractivity contribution in [1.82, 2.24) is 0 Å². The molecule has 0 saturated heterocycles. The van der Waals surface area contributed by atoms with Crippen LogP contribution < -0.4 is 9.47 Å². The number of aliphatic carboxylic acids is 1. The SMILES string of the molecule is CCOc1cc(/C=C/C(=O)O)cc(Br)c1OCC1CC1. The zero-order valence-corrected chi connectivity index (χ0v) is 12.9. The van der Waals surface area contributed by atoms with E-state index >= 15 is 0 Å². The van der Waals surface area contributed by atoms with E-state index in [4.69, 9.17) is 14.6 Å². The minimum atomic E-state index is -0.979. The molecule has 0 spiro atoms. The lowest BCUT2D eigenvalue weighted by molar-refractivity contribution is -0.131. The molecular formula is C15H17BrO4. The van der Waals surface area contributed by atoms with Crippen LogP contribution in [0.1, 0.15) is 25.3 Å². The fourth-order valence-corrected chi connectivity index (χ4v) is 2.31. The molecule has 1 aliphatic carbocycles. The first-order valence-corrected chi connectivity index (χ1v) is 7.39. The van der Waals surface area contributed by atoms with Crippen LogP contribution in [-0.4, -0.2) is 24.3 Å². The van der Waals surface area contributed by atoms with Crippen LogP contribution in [0.3, 0.4) is 0 Å². The maximum absolute atomic E-state index is 10.6. The zero-order valence-electron chi connectivity index (χ0n) is 11.3. The van der Waals surface area contributed by atoms with E-state index in [1.54, 1.807) is 6.07 Å². The van der Waals surface area contributed by atoms with Crippen molar-refractivity contribution < 1.29 is 19.4 Å². The number of carboxylic acid groups (broad SMARTS) is 1. The second kappa shape index (κ2) is 6.79. The van der Waals surface area contributed by atoms with Crippen LogP contribution in [0.4, 0.5) is 0 Å². The standard InChI is InChI=1S/C15H17BrO4/c1-2-19-13-8-11(5-6-14(17)18)7-12(16)15(13)20-9-10-3-4-10/h5-8,10H,2-4,9H2,1H3,(H,17,18)/b6-5+. The summed E-state index contributed by atoms with van der Waals surface area (Å²) in [5.74, 6) is 0.995. The van der Waals surface area contributed by atoms with Gasteiger partial charge < -0.3 is 14.6 Å². The normalized spacial score (nSPS) is 14.5. The number of hydrogen-bond acceptors (Lipinski definition) is 3. The van der Waals surface area contributed by atoms with E-state index in [0.29, 0.717) is 30.6 Å². The molecule has 0 bridgehead atoms. The molecule has 5 heteroatoms. The third-order valence-corrected chi connectivity index (χ3v) is 3.50. The number of halogens is 1. The van der Waals surface area contributed by atoms with E-state index in [1.807, 2.05) is 13.0 Å². The van der Waals surface area contributed by atoms with E-state index in [0.717, 1.165) is 16.1 Å². The average Bonchev–Trinajstić information content (AvgIpc) is 3.19. The van der Waals surface area contributed by atoms with Gasteiger partial charge in [-0.1, -0.05) is 0 Å². The van der Waals surface area contributed by atoms with Crippen molar-refractivity contribution in [1.29, 1.82) is 0 Å². The average molecular weight is 341 g/mol. The molecule has 108 valence electrons. The molecule has 0 amide bonds. The summed E-state index contributed by atoms with van der Waals surface area (Å²) < 4.78 is 12.2. The molecule has 1 N–H and O–H groups in total. The number of hydrogen-bond donors (Lipinski definition) is 1. The molecule has 4 nitrogen and oxygen atoms in total. The van der Waals surface area contributed by atoms with Crippen molar-refractivity contribution in [2.45, 2.75) is 19.8 Å². The van der Waals surface area contributed by atoms with Gasteiger partial charge in [-0.25, -0.2) is 4.79 Å². The lowest BCUT2D eigenvalue weighted by Crippen LogP contribution is -2.03. The predicted molar refractivity (Wildman–Crippen MR) is 80.2 cm³/mol. The van der Waals surface area contributed by atoms with Gasteiger partial charge in [-0.3, -0.25) is 0 Å². The third-order valence-electron chi connectivity index (χ3n) is 2.91. The Morgan fingerprint density at radius 3 is 2.80 bits per heavy atom. The van der Waals surface area contributed by atoms with E-state index in [1.165, 1.54) is 18.9 Å².